The zero-order chi connectivity index (χ0) is 13.8. The van der Waals surface area contributed by atoms with E-state index in [4.69, 9.17) is 10.4 Å². The number of aromatic nitrogens is 2. The first-order valence-electron chi connectivity index (χ1n) is 6.30. The van der Waals surface area contributed by atoms with E-state index < -0.39 is 5.97 Å². The Morgan fingerprint density at radius 1 is 1.58 bits per heavy atom. The number of aliphatic carboxylic acids is 1. The van der Waals surface area contributed by atoms with Gasteiger partial charge in [-0.1, -0.05) is 0 Å². The number of carboxylic acid groups (broad SMARTS) is 1. The Balaban J connectivity index is 2.07. The molecule has 1 aliphatic heterocycles. The molecule has 6 heteroatoms. The number of anilines is 1. The van der Waals surface area contributed by atoms with E-state index in [9.17, 15) is 4.79 Å². The van der Waals surface area contributed by atoms with Gasteiger partial charge in [0.15, 0.2) is 0 Å². The average molecular weight is 260 g/mol. The lowest BCUT2D eigenvalue weighted by Gasteiger charge is -2.32. The molecule has 2 heterocycles. The van der Waals surface area contributed by atoms with Gasteiger partial charge in [-0.2, -0.15) is 5.26 Å². The second-order valence-electron chi connectivity index (χ2n) is 4.79. The second kappa shape index (κ2) is 5.65. The summed E-state index contributed by atoms with van der Waals surface area (Å²) in [7, 11) is 0. The molecule has 1 saturated heterocycles. The van der Waals surface area contributed by atoms with Crippen molar-refractivity contribution in [2.24, 2.45) is 5.92 Å². The Labute approximate surface area is 111 Å². The summed E-state index contributed by atoms with van der Waals surface area (Å²) >= 11 is 0. The maximum absolute atomic E-state index is 10.7. The van der Waals surface area contributed by atoms with Gasteiger partial charge in [0, 0.05) is 19.5 Å². The number of piperidine rings is 1. The van der Waals surface area contributed by atoms with Crippen molar-refractivity contribution in [3.63, 3.8) is 0 Å². The molecule has 19 heavy (non-hydrogen) atoms. The normalized spacial score (nSPS) is 16.1. The van der Waals surface area contributed by atoms with Gasteiger partial charge in [0.05, 0.1) is 6.20 Å². The van der Waals surface area contributed by atoms with Crippen molar-refractivity contribution in [3.05, 3.63) is 17.6 Å². The molecule has 1 fully saturated rings. The van der Waals surface area contributed by atoms with Gasteiger partial charge in [-0.15, -0.1) is 0 Å². The van der Waals surface area contributed by atoms with Crippen LogP contribution in [0.2, 0.25) is 0 Å². The Bertz CT molecular complexity index is 516. The fourth-order valence-electron chi connectivity index (χ4n) is 2.37. The molecule has 0 radical (unpaired) electrons. The summed E-state index contributed by atoms with van der Waals surface area (Å²) in [5.74, 6) is 0.793. The van der Waals surface area contributed by atoms with E-state index in [0.29, 0.717) is 17.2 Å². The van der Waals surface area contributed by atoms with Crippen molar-refractivity contribution in [1.82, 2.24) is 9.97 Å². The summed E-state index contributed by atoms with van der Waals surface area (Å²) in [5.41, 5.74) is 0.474. The molecular formula is C13H16N4O2. The molecule has 1 aromatic rings. The minimum absolute atomic E-state index is 0.224. The fraction of sp³-hybridized carbons (Fsp3) is 0.538. The molecule has 0 aromatic carbocycles. The van der Waals surface area contributed by atoms with Crippen LogP contribution in [-0.2, 0) is 4.79 Å². The van der Waals surface area contributed by atoms with Crippen molar-refractivity contribution >= 4 is 11.8 Å². The summed E-state index contributed by atoms with van der Waals surface area (Å²) in [5, 5.41) is 17.9. The van der Waals surface area contributed by atoms with Crippen molar-refractivity contribution in [2.75, 3.05) is 18.0 Å². The molecule has 1 aliphatic rings. The zero-order valence-corrected chi connectivity index (χ0v) is 10.8. The van der Waals surface area contributed by atoms with E-state index >= 15 is 0 Å². The van der Waals surface area contributed by atoms with E-state index in [2.05, 4.69) is 16.0 Å². The first kappa shape index (κ1) is 13.3. The molecule has 0 amide bonds. The van der Waals surface area contributed by atoms with Crippen LogP contribution in [0.25, 0.3) is 0 Å². The number of nitriles is 1. The number of carbonyl (C=O) groups is 1. The highest BCUT2D eigenvalue weighted by molar-refractivity contribution is 5.67. The van der Waals surface area contributed by atoms with Crippen molar-refractivity contribution in [2.45, 2.75) is 26.2 Å². The molecule has 2 rings (SSSR count). The predicted molar refractivity (Wildman–Crippen MR) is 68.7 cm³/mol. The number of nitrogens with zero attached hydrogens (tertiary/aromatic N) is 4. The molecule has 0 spiro atoms. The number of hydrogen-bond donors (Lipinski definition) is 1. The summed E-state index contributed by atoms with van der Waals surface area (Å²) in [6.45, 7) is 3.27. The quantitative estimate of drug-likeness (QED) is 0.882. The number of hydrogen-bond acceptors (Lipinski definition) is 5. The third-order valence-electron chi connectivity index (χ3n) is 3.39. The van der Waals surface area contributed by atoms with E-state index in [1.165, 1.54) is 0 Å². The van der Waals surface area contributed by atoms with Gasteiger partial charge >= 0.3 is 5.97 Å². The minimum atomic E-state index is -0.742. The molecule has 6 nitrogen and oxygen atoms in total. The van der Waals surface area contributed by atoms with Crippen LogP contribution in [-0.4, -0.2) is 34.1 Å². The smallest absolute Gasteiger partial charge is 0.303 e. The van der Waals surface area contributed by atoms with Crippen LogP contribution in [0, 0.1) is 24.2 Å². The van der Waals surface area contributed by atoms with E-state index in [-0.39, 0.29) is 12.3 Å². The molecule has 1 N–H and O–H groups in total. The fourth-order valence-corrected chi connectivity index (χ4v) is 2.37. The molecule has 0 aliphatic carbocycles. The lowest BCUT2D eigenvalue weighted by molar-refractivity contribution is -0.138. The first-order valence-corrected chi connectivity index (χ1v) is 6.30. The van der Waals surface area contributed by atoms with E-state index in [1.807, 2.05) is 4.90 Å². The lowest BCUT2D eigenvalue weighted by Crippen LogP contribution is -2.35. The molecule has 0 unspecified atom stereocenters. The Kier molecular flexibility index (Phi) is 3.95. The molecule has 0 atom stereocenters. The first-order chi connectivity index (χ1) is 9.10. The Morgan fingerprint density at radius 2 is 2.26 bits per heavy atom. The van der Waals surface area contributed by atoms with Crippen LogP contribution in [0.5, 0.6) is 0 Å². The van der Waals surface area contributed by atoms with Crippen LogP contribution >= 0.6 is 0 Å². The van der Waals surface area contributed by atoms with Crippen molar-refractivity contribution in [3.8, 4) is 6.07 Å². The predicted octanol–water partition coefficient (Wildman–Crippen LogP) is 1.35. The highest BCUT2D eigenvalue weighted by Gasteiger charge is 2.23. The van der Waals surface area contributed by atoms with E-state index in [0.717, 1.165) is 25.9 Å². The lowest BCUT2D eigenvalue weighted by atomic mass is 9.93. The largest absolute Gasteiger partial charge is 0.481 e. The van der Waals surface area contributed by atoms with Gasteiger partial charge in [-0.05, 0) is 25.7 Å². The summed E-state index contributed by atoms with van der Waals surface area (Å²) < 4.78 is 0. The van der Waals surface area contributed by atoms with Crippen LogP contribution in [0.4, 0.5) is 5.82 Å². The number of aryl methyl sites for hydroxylation is 1. The molecule has 100 valence electrons. The summed E-state index contributed by atoms with van der Waals surface area (Å²) in [6, 6.07) is 2.10. The monoisotopic (exact) mass is 260 g/mol. The third kappa shape index (κ3) is 3.19. The Hall–Kier alpha value is -2.16. The van der Waals surface area contributed by atoms with Crippen LogP contribution in [0.15, 0.2) is 6.20 Å². The van der Waals surface area contributed by atoms with Crippen LogP contribution in [0.1, 0.15) is 30.7 Å². The van der Waals surface area contributed by atoms with Crippen LogP contribution < -0.4 is 4.90 Å². The van der Waals surface area contributed by atoms with Gasteiger partial charge in [0.25, 0.3) is 0 Å². The summed E-state index contributed by atoms with van der Waals surface area (Å²) in [6.07, 6.45) is 3.41. The molecule has 1 aromatic heterocycles. The van der Waals surface area contributed by atoms with Gasteiger partial charge in [-0.25, -0.2) is 9.97 Å². The second-order valence-corrected chi connectivity index (χ2v) is 4.79. The van der Waals surface area contributed by atoms with Crippen molar-refractivity contribution < 1.29 is 9.90 Å². The molecule has 0 bridgehead atoms. The molecular weight excluding hydrogens is 244 g/mol. The maximum Gasteiger partial charge on any atom is 0.303 e. The Morgan fingerprint density at radius 3 is 2.84 bits per heavy atom. The zero-order valence-electron chi connectivity index (χ0n) is 10.8. The maximum atomic E-state index is 10.7. The molecule has 0 saturated carbocycles. The van der Waals surface area contributed by atoms with Crippen LogP contribution in [0.3, 0.4) is 0 Å². The highest BCUT2D eigenvalue weighted by atomic mass is 16.4. The van der Waals surface area contributed by atoms with Crippen molar-refractivity contribution in [1.29, 1.82) is 5.26 Å². The highest BCUT2D eigenvalue weighted by Crippen LogP contribution is 2.25. The van der Waals surface area contributed by atoms with Gasteiger partial charge in [-0.3, -0.25) is 4.79 Å². The minimum Gasteiger partial charge on any atom is -0.481 e. The number of carboxylic acids is 1. The van der Waals surface area contributed by atoms with Gasteiger partial charge in [0.1, 0.15) is 23.3 Å². The SMILES string of the molecule is Cc1ncc(C#N)c(N2CCC(CC(=O)O)CC2)n1. The number of rotatable bonds is 3. The van der Waals surface area contributed by atoms with E-state index in [1.54, 1.807) is 13.1 Å². The van der Waals surface area contributed by atoms with Gasteiger partial charge in [0.2, 0.25) is 0 Å². The summed E-state index contributed by atoms with van der Waals surface area (Å²) in [4.78, 5) is 21.1. The standard InChI is InChI=1S/C13H16N4O2/c1-9-15-8-11(7-14)13(16-9)17-4-2-10(3-5-17)6-12(18)19/h8,10H,2-6H2,1H3,(H,18,19). The average Bonchev–Trinajstić information content (AvgIpc) is 2.39. The third-order valence-corrected chi connectivity index (χ3v) is 3.39. The van der Waals surface area contributed by atoms with Gasteiger partial charge < -0.3 is 10.0 Å². The topological polar surface area (TPSA) is 90.1 Å².